The van der Waals surface area contributed by atoms with Crippen molar-refractivity contribution in [2.75, 3.05) is 65.5 Å². The maximum absolute atomic E-state index is 13.8. The summed E-state index contributed by atoms with van der Waals surface area (Å²) in [6, 6.07) is 21.4. The van der Waals surface area contributed by atoms with Gasteiger partial charge in [0, 0.05) is 43.6 Å². The van der Waals surface area contributed by atoms with E-state index in [9.17, 15) is 13.2 Å². The molecule has 0 spiro atoms. The summed E-state index contributed by atoms with van der Waals surface area (Å²) >= 11 is 0. The summed E-state index contributed by atoms with van der Waals surface area (Å²) in [6.07, 6.45) is 1.84. The lowest BCUT2D eigenvalue weighted by molar-refractivity contribution is -0.116. The van der Waals surface area contributed by atoms with Gasteiger partial charge in [0.15, 0.2) is 0 Å². The van der Waals surface area contributed by atoms with Crippen molar-refractivity contribution in [1.29, 1.82) is 0 Å². The standard InChI is InChI=1S/C32H37N5O6S/c1-24-4-8-26(9-5-24)37-22-30(25-6-10-27(41-2)11-7-25)33-32(37)34-31(38)23-36(17-16-35-18-20-43-21-19-35)44(39,40)29-14-12-28(42-3)13-15-29/h4-15,22H,16-21,23H2,1-3H3,(H,33,34,38). The van der Waals surface area contributed by atoms with E-state index in [1.807, 2.05) is 61.7 Å². The molecule has 11 nitrogen and oxygen atoms in total. The Kier molecular flexibility index (Phi) is 9.95. The predicted molar refractivity (Wildman–Crippen MR) is 168 cm³/mol. The highest BCUT2D eigenvalue weighted by Crippen LogP contribution is 2.27. The molecule has 0 unspecified atom stereocenters. The summed E-state index contributed by atoms with van der Waals surface area (Å²) in [6.45, 7) is 4.77. The maximum Gasteiger partial charge on any atom is 0.243 e. The van der Waals surface area contributed by atoms with Gasteiger partial charge in [0.2, 0.25) is 21.9 Å². The molecule has 232 valence electrons. The molecule has 1 aromatic heterocycles. The fourth-order valence-corrected chi connectivity index (χ4v) is 6.24. The van der Waals surface area contributed by atoms with Gasteiger partial charge < -0.3 is 14.2 Å². The predicted octanol–water partition coefficient (Wildman–Crippen LogP) is 3.83. The zero-order valence-corrected chi connectivity index (χ0v) is 25.9. The molecule has 0 bridgehead atoms. The van der Waals surface area contributed by atoms with Gasteiger partial charge in [-0.05, 0) is 67.6 Å². The summed E-state index contributed by atoms with van der Waals surface area (Å²) in [4.78, 5) is 20.5. The quantitative estimate of drug-likeness (QED) is 0.255. The molecule has 1 saturated heterocycles. The normalized spacial score (nSPS) is 14.0. The molecule has 1 fully saturated rings. The molecule has 12 heteroatoms. The number of imidazole rings is 1. The van der Waals surface area contributed by atoms with E-state index in [2.05, 4.69) is 10.2 Å². The molecule has 0 aliphatic carbocycles. The van der Waals surface area contributed by atoms with Gasteiger partial charge in [0.1, 0.15) is 11.5 Å². The monoisotopic (exact) mass is 619 g/mol. The number of sulfonamides is 1. The Morgan fingerprint density at radius 2 is 1.55 bits per heavy atom. The highest BCUT2D eigenvalue weighted by molar-refractivity contribution is 7.89. The highest BCUT2D eigenvalue weighted by atomic mass is 32.2. The van der Waals surface area contributed by atoms with Gasteiger partial charge in [0.05, 0.1) is 44.6 Å². The molecule has 0 saturated carbocycles. The van der Waals surface area contributed by atoms with Crippen LogP contribution >= 0.6 is 0 Å². The van der Waals surface area contributed by atoms with Gasteiger partial charge in [-0.25, -0.2) is 13.4 Å². The molecule has 44 heavy (non-hydrogen) atoms. The van der Waals surface area contributed by atoms with Crippen molar-refractivity contribution in [3.05, 3.63) is 84.6 Å². The van der Waals surface area contributed by atoms with Crippen LogP contribution in [-0.4, -0.2) is 93.2 Å². The van der Waals surface area contributed by atoms with Crippen LogP contribution in [0.4, 0.5) is 5.95 Å². The fourth-order valence-electron chi connectivity index (χ4n) is 4.85. The summed E-state index contributed by atoms with van der Waals surface area (Å²) in [5.74, 6) is 1.02. The minimum atomic E-state index is -4.01. The summed E-state index contributed by atoms with van der Waals surface area (Å²) in [5, 5.41) is 2.88. The van der Waals surface area contributed by atoms with E-state index in [0.717, 1.165) is 22.6 Å². The van der Waals surface area contributed by atoms with Crippen molar-refractivity contribution in [2.24, 2.45) is 0 Å². The molecule has 1 amide bonds. The summed E-state index contributed by atoms with van der Waals surface area (Å²) in [5.41, 5.74) is 3.36. The van der Waals surface area contributed by atoms with Crippen LogP contribution in [0.5, 0.6) is 11.5 Å². The zero-order chi connectivity index (χ0) is 31.1. The van der Waals surface area contributed by atoms with Crippen molar-refractivity contribution in [3.8, 4) is 28.4 Å². The average Bonchev–Trinajstić information content (AvgIpc) is 3.47. The van der Waals surface area contributed by atoms with E-state index in [0.29, 0.717) is 44.3 Å². The number of ether oxygens (including phenoxy) is 3. The number of hydrogen-bond acceptors (Lipinski definition) is 8. The molecule has 0 radical (unpaired) electrons. The number of carbonyl (C=O) groups is 1. The van der Waals surface area contributed by atoms with E-state index < -0.39 is 22.5 Å². The summed E-state index contributed by atoms with van der Waals surface area (Å²) < 4.78 is 46.5. The first kappa shape index (κ1) is 31.2. The lowest BCUT2D eigenvalue weighted by Gasteiger charge is -2.29. The molecule has 0 atom stereocenters. The second-order valence-electron chi connectivity index (χ2n) is 10.4. The molecule has 1 N–H and O–H groups in total. The Morgan fingerprint density at radius 1 is 0.932 bits per heavy atom. The number of nitrogens with one attached hydrogen (secondary N) is 1. The van der Waals surface area contributed by atoms with Gasteiger partial charge >= 0.3 is 0 Å². The topological polar surface area (TPSA) is 115 Å². The Hall–Kier alpha value is -4.23. The number of rotatable bonds is 12. The van der Waals surface area contributed by atoms with Crippen LogP contribution < -0.4 is 14.8 Å². The number of anilines is 1. The number of methoxy groups -OCH3 is 2. The van der Waals surface area contributed by atoms with Crippen LogP contribution in [-0.2, 0) is 19.6 Å². The molecule has 1 aliphatic rings. The van der Waals surface area contributed by atoms with Crippen LogP contribution in [0.2, 0.25) is 0 Å². The van der Waals surface area contributed by atoms with Crippen molar-refractivity contribution in [3.63, 3.8) is 0 Å². The van der Waals surface area contributed by atoms with Crippen LogP contribution in [0.3, 0.4) is 0 Å². The zero-order valence-electron chi connectivity index (χ0n) is 25.1. The van der Waals surface area contributed by atoms with Crippen molar-refractivity contribution in [1.82, 2.24) is 18.8 Å². The minimum Gasteiger partial charge on any atom is -0.497 e. The number of amides is 1. The van der Waals surface area contributed by atoms with E-state index in [1.54, 1.807) is 23.8 Å². The Balaban J connectivity index is 1.42. The minimum absolute atomic E-state index is 0.0797. The van der Waals surface area contributed by atoms with Gasteiger partial charge in [-0.1, -0.05) is 17.7 Å². The van der Waals surface area contributed by atoms with Crippen LogP contribution in [0, 0.1) is 6.92 Å². The Bertz CT molecular complexity index is 1650. The molecule has 2 heterocycles. The third-order valence-electron chi connectivity index (χ3n) is 7.44. The van der Waals surface area contributed by atoms with E-state index >= 15 is 0 Å². The molecule has 4 aromatic rings. The number of morpholine rings is 1. The molecule has 5 rings (SSSR count). The fraction of sp³-hybridized carbons (Fsp3) is 0.312. The van der Waals surface area contributed by atoms with E-state index in [-0.39, 0.29) is 17.4 Å². The van der Waals surface area contributed by atoms with Crippen LogP contribution in [0.25, 0.3) is 16.9 Å². The Morgan fingerprint density at radius 3 is 2.16 bits per heavy atom. The van der Waals surface area contributed by atoms with Crippen LogP contribution in [0.15, 0.2) is 83.9 Å². The highest BCUT2D eigenvalue weighted by Gasteiger charge is 2.28. The molecular weight excluding hydrogens is 582 g/mol. The lowest BCUT2D eigenvalue weighted by Crippen LogP contribution is -2.45. The second-order valence-corrected chi connectivity index (χ2v) is 12.3. The average molecular weight is 620 g/mol. The molecular formula is C32H37N5O6S. The maximum atomic E-state index is 13.8. The smallest absolute Gasteiger partial charge is 0.243 e. The lowest BCUT2D eigenvalue weighted by atomic mass is 10.1. The van der Waals surface area contributed by atoms with E-state index in [1.165, 1.54) is 23.5 Å². The Labute approximate surface area is 258 Å². The first-order valence-electron chi connectivity index (χ1n) is 14.3. The molecule has 3 aromatic carbocycles. The van der Waals surface area contributed by atoms with Gasteiger partial charge in [0.25, 0.3) is 0 Å². The SMILES string of the molecule is COc1ccc(-c2cn(-c3ccc(C)cc3)c(NC(=O)CN(CCN3CCOCC3)S(=O)(=O)c3ccc(OC)cc3)n2)cc1. The number of carbonyl (C=O) groups excluding carboxylic acids is 1. The first-order valence-corrected chi connectivity index (χ1v) is 15.8. The number of nitrogens with zero attached hydrogens (tertiary/aromatic N) is 4. The number of hydrogen-bond donors (Lipinski definition) is 1. The van der Waals surface area contributed by atoms with Crippen LogP contribution in [0.1, 0.15) is 5.56 Å². The number of aromatic nitrogens is 2. The van der Waals surface area contributed by atoms with Gasteiger partial charge in [-0.2, -0.15) is 4.31 Å². The third kappa shape index (κ3) is 7.45. The second kappa shape index (κ2) is 14.0. The van der Waals surface area contributed by atoms with Crippen molar-refractivity contribution < 1.29 is 27.4 Å². The number of benzene rings is 3. The number of aryl methyl sites for hydroxylation is 1. The first-order chi connectivity index (χ1) is 21.3. The third-order valence-corrected chi connectivity index (χ3v) is 9.30. The largest absolute Gasteiger partial charge is 0.497 e. The van der Waals surface area contributed by atoms with Gasteiger partial charge in [-0.3, -0.25) is 19.6 Å². The van der Waals surface area contributed by atoms with Crippen molar-refractivity contribution >= 4 is 21.9 Å². The summed E-state index contributed by atoms with van der Waals surface area (Å²) in [7, 11) is -0.884. The van der Waals surface area contributed by atoms with Gasteiger partial charge in [-0.15, -0.1) is 0 Å². The van der Waals surface area contributed by atoms with E-state index in [4.69, 9.17) is 19.2 Å². The van der Waals surface area contributed by atoms with Crippen molar-refractivity contribution in [2.45, 2.75) is 11.8 Å². The molecule has 1 aliphatic heterocycles.